The number of hydrogen-bond acceptors (Lipinski definition) is 5. The smallest absolute Gasteiger partial charge is 0.267 e. The molecule has 0 saturated carbocycles. The van der Waals surface area contributed by atoms with Crippen molar-refractivity contribution in [3.8, 4) is 0 Å². The monoisotopic (exact) mass is 435 g/mol. The fourth-order valence-corrected chi connectivity index (χ4v) is 3.69. The topological polar surface area (TPSA) is 70.5 Å². The molecule has 1 N–H and O–H groups in total. The number of rotatable bonds is 7. The van der Waals surface area contributed by atoms with Crippen LogP contribution in [0.3, 0.4) is 0 Å². The Labute approximate surface area is 186 Å². The minimum absolute atomic E-state index is 0.165. The van der Waals surface area contributed by atoms with E-state index in [1.54, 1.807) is 18.2 Å². The van der Waals surface area contributed by atoms with E-state index in [1.165, 1.54) is 28.4 Å². The van der Waals surface area contributed by atoms with Crippen LogP contribution in [-0.2, 0) is 24.4 Å². The summed E-state index contributed by atoms with van der Waals surface area (Å²) in [6, 6.07) is 19.4. The lowest BCUT2D eigenvalue weighted by molar-refractivity contribution is -0.122. The van der Waals surface area contributed by atoms with Gasteiger partial charge in [-0.05, 0) is 29.3 Å². The number of carbonyl (C=O) groups is 1. The maximum absolute atomic E-state index is 13.0. The number of anilines is 1. The fraction of sp³-hybridized carbons (Fsp3) is 0.292. The van der Waals surface area contributed by atoms with Gasteiger partial charge < -0.3 is 10.2 Å². The maximum atomic E-state index is 13.0. The highest BCUT2D eigenvalue weighted by molar-refractivity contribution is 5.75. The molecule has 0 aliphatic carbocycles. The summed E-state index contributed by atoms with van der Waals surface area (Å²) in [7, 11) is 0. The number of halogens is 1. The van der Waals surface area contributed by atoms with E-state index in [-0.39, 0.29) is 30.4 Å². The second-order valence-electron chi connectivity index (χ2n) is 7.84. The second kappa shape index (κ2) is 10.2. The molecule has 4 rings (SSSR count). The van der Waals surface area contributed by atoms with Gasteiger partial charge in [-0.15, -0.1) is 0 Å². The standard InChI is InChI=1S/C24H26FN5O2/c25-21-8-6-19(7-9-21)16-26-23(31)18-30-24(32)11-10-22(27-30)29-14-12-28(13-15-29)17-20-4-2-1-3-5-20/h1-11H,12-18H2,(H,26,31). The van der Waals surface area contributed by atoms with Gasteiger partial charge in [0.25, 0.3) is 5.56 Å². The average molecular weight is 436 g/mol. The molecule has 8 heteroatoms. The molecule has 2 heterocycles. The molecule has 1 fully saturated rings. The normalized spacial score (nSPS) is 14.3. The summed E-state index contributed by atoms with van der Waals surface area (Å²) in [4.78, 5) is 29.0. The van der Waals surface area contributed by atoms with Gasteiger partial charge in [-0.25, -0.2) is 9.07 Å². The molecule has 2 aromatic carbocycles. The van der Waals surface area contributed by atoms with Crippen LogP contribution in [0.4, 0.5) is 10.2 Å². The Kier molecular flexibility index (Phi) is 6.91. The number of aromatic nitrogens is 2. The van der Waals surface area contributed by atoms with E-state index in [0.717, 1.165) is 38.3 Å². The van der Waals surface area contributed by atoms with E-state index in [2.05, 4.69) is 44.5 Å². The number of nitrogens with one attached hydrogen (secondary N) is 1. The third-order valence-corrected chi connectivity index (χ3v) is 5.49. The first-order valence-corrected chi connectivity index (χ1v) is 10.7. The molecular formula is C24H26FN5O2. The highest BCUT2D eigenvalue weighted by atomic mass is 19.1. The molecular weight excluding hydrogens is 409 g/mol. The summed E-state index contributed by atoms with van der Waals surface area (Å²) >= 11 is 0. The lowest BCUT2D eigenvalue weighted by atomic mass is 10.2. The van der Waals surface area contributed by atoms with Gasteiger partial charge in [0, 0.05) is 45.3 Å². The minimum atomic E-state index is -0.326. The molecule has 32 heavy (non-hydrogen) atoms. The molecule has 1 aliphatic heterocycles. The van der Waals surface area contributed by atoms with Crippen LogP contribution < -0.4 is 15.8 Å². The lowest BCUT2D eigenvalue weighted by Gasteiger charge is -2.35. The van der Waals surface area contributed by atoms with Crippen molar-refractivity contribution in [2.45, 2.75) is 19.6 Å². The molecule has 0 radical (unpaired) electrons. The first kappa shape index (κ1) is 21.7. The Morgan fingerprint density at radius 1 is 0.906 bits per heavy atom. The largest absolute Gasteiger partial charge is 0.353 e. The van der Waals surface area contributed by atoms with Crippen LogP contribution in [0.2, 0.25) is 0 Å². The molecule has 1 aliphatic rings. The van der Waals surface area contributed by atoms with E-state index < -0.39 is 0 Å². The third-order valence-electron chi connectivity index (χ3n) is 5.49. The number of benzene rings is 2. The second-order valence-corrected chi connectivity index (χ2v) is 7.84. The zero-order chi connectivity index (χ0) is 22.3. The van der Waals surface area contributed by atoms with Gasteiger partial charge >= 0.3 is 0 Å². The number of piperazine rings is 1. The maximum Gasteiger partial charge on any atom is 0.267 e. The zero-order valence-electron chi connectivity index (χ0n) is 17.8. The van der Waals surface area contributed by atoms with Crippen LogP contribution in [0, 0.1) is 5.82 Å². The van der Waals surface area contributed by atoms with E-state index in [0.29, 0.717) is 5.82 Å². The van der Waals surface area contributed by atoms with Crippen molar-refractivity contribution < 1.29 is 9.18 Å². The van der Waals surface area contributed by atoms with Crippen molar-refractivity contribution in [3.63, 3.8) is 0 Å². The summed E-state index contributed by atoms with van der Waals surface area (Å²) in [5, 5.41) is 7.15. The first-order valence-electron chi connectivity index (χ1n) is 10.7. The van der Waals surface area contributed by atoms with E-state index in [9.17, 15) is 14.0 Å². The lowest BCUT2D eigenvalue weighted by Crippen LogP contribution is -2.46. The average Bonchev–Trinajstić information content (AvgIpc) is 2.81. The van der Waals surface area contributed by atoms with Crippen molar-refractivity contribution in [3.05, 3.63) is 94.0 Å². The Balaban J connectivity index is 1.32. The summed E-state index contributed by atoms with van der Waals surface area (Å²) in [6.45, 7) is 4.40. The first-order chi connectivity index (χ1) is 15.6. The van der Waals surface area contributed by atoms with Gasteiger partial charge in [-0.3, -0.25) is 14.5 Å². The predicted octanol–water partition coefficient (Wildman–Crippen LogP) is 2.02. The van der Waals surface area contributed by atoms with Crippen LogP contribution in [0.15, 0.2) is 71.5 Å². The minimum Gasteiger partial charge on any atom is -0.353 e. The molecule has 0 unspecified atom stereocenters. The van der Waals surface area contributed by atoms with Crippen molar-refractivity contribution in [1.29, 1.82) is 0 Å². The van der Waals surface area contributed by atoms with Crippen molar-refractivity contribution in [2.75, 3.05) is 31.1 Å². The third kappa shape index (κ3) is 5.79. The molecule has 0 atom stereocenters. The molecule has 1 aromatic heterocycles. The van der Waals surface area contributed by atoms with Gasteiger partial charge in [0.05, 0.1) is 0 Å². The summed E-state index contributed by atoms with van der Waals surface area (Å²) in [5.74, 6) is 0.0394. The highest BCUT2D eigenvalue weighted by Gasteiger charge is 2.19. The highest BCUT2D eigenvalue weighted by Crippen LogP contribution is 2.14. The van der Waals surface area contributed by atoms with Crippen molar-refractivity contribution in [2.24, 2.45) is 0 Å². The Bertz CT molecular complexity index is 1090. The summed E-state index contributed by atoms with van der Waals surface area (Å²) in [5.41, 5.74) is 1.75. The fourth-order valence-electron chi connectivity index (χ4n) is 3.69. The van der Waals surface area contributed by atoms with Crippen LogP contribution in [-0.4, -0.2) is 46.8 Å². The van der Waals surface area contributed by atoms with Crippen LogP contribution >= 0.6 is 0 Å². The van der Waals surface area contributed by atoms with Crippen LogP contribution in [0.5, 0.6) is 0 Å². The summed E-state index contributed by atoms with van der Waals surface area (Å²) in [6.07, 6.45) is 0. The van der Waals surface area contributed by atoms with Gasteiger partial charge in [-0.1, -0.05) is 42.5 Å². The molecule has 0 bridgehead atoms. The van der Waals surface area contributed by atoms with Gasteiger partial charge in [0.15, 0.2) is 0 Å². The molecule has 1 saturated heterocycles. The number of nitrogens with zero attached hydrogens (tertiary/aromatic N) is 4. The molecule has 166 valence electrons. The van der Waals surface area contributed by atoms with E-state index in [4.69, 9.17) is 0 Å². The zero-order valence-corrected chi connectivity index (χ0v) is 17.8. The predicted molar refractivity (Wildman–Crippen MR) is 121 cm³/mol. The SMILES string of the molecule is O=C(Cn1nc(N2CCN(Cc3ccccc3)CC2)ccc1=O)NCc1ccc(F)cc1. The quantitative estimate of drug-likeness (QED) is 0.615. The number of hydrogen-bond donors (Lipinski definition) is 1. The van der Waals surface area contributed by atoms with E-state index in [1.807, 2.05) is 6.07 Å². The van der Waals surface area contributed by atoms with Crippen molar-refractivity contribution in [1.82, 2.24) is 20.0 Å². The Hall–Kier alpha value is -3.52. The number of amides is 1. The van der Waals surface area contributed by atoms with Gasteiger partial charge in [0.2, 0.25) is 5.91 Å². The van der Waals surface area contributed by atoms with Gasteiger partial charge in [0.1, 0.15) is 18.2 Å². The van der Waals surface area contributed by atoms with Crippen LogP contribution in [0.25, 0.3) is 0 Å². The molecule has 1 amide bonds. The Morgan fingerprint density at radius 3 is 2.34 bits per heavy atom. The van der Waals surface area contributed by atoms with Gasteiger partial charge in [-0.2, -0.15) is 5.10 Å². The summed E-state index contributed by atoms with van der Waals surface area (Å²) < 4.78 is 14.2. The molecule has 7 nitrogen and oxygen atoms in total. The van der Waals surface area contributed by atoms with Crippen LogP contribution in [0.1, 0.15) is 11.1 Å². The molecule has 3 aromatic rings. The Morgan fingerprint density at radius 2 is 1.62 bits per heavy atom. The number of carbonyl (C=O) groups excluding carboxylic acids is 1. The van der Waals surface area contributed by atoms with Crippen molar-refractivity contribution >= 4 is 11.7 Å². The van der Waals surface area contributed by atoms with E-state index >= 15 is 0 Å². The molecule has 0 spiro atoms.